The molecule has 32 heavy (non-hydrogen) atoms. The molecule has 8 heteroatoms. The van der Waals surface area contributed by atoms with Gasteiger partial charge in [-0.3, -0.25) is 14.5 Å². The number of piperidine rings is 1. The van der Waals surface area contributed by atoms with E-state index in [-0.39, 0.29) is 30.1 Å². The van der Waals surface area contributed by atoms with E-state index in [0.29, 0.717) is 19.0 Å². The number of likely N-dealkylation sites (tertiary alicyclic amines) is 1. The topological polar surface area (TPSA) is 49.9 Å². The quantitative estimate of drug-likeness (QED) is 0.499. The number of ether oxygens (including phenoxy) is 1. The number of rotatable bonds is 6. The molecule has 1 saturated heterocycles. The summed E-state index contributed by atoms with van der Waals surface area (Å²) in [6.07, 6.45) is 1.56. The van der Waals surface area contributed by atoms with E-state index in [0.717, 1.165) is 53.6 Å². The molecule has 0 spiro atoms. The molecule has 4 rings (SSSR count). The van der Waals surface area contributed by atoms with Crippen molar-refractivity contribution >= 4 is 40.2 Å². The highest BCUT2D eigenvalue weighted by Gasteiger charge is 2.31. The van der Waals surface area contributed by atoms with Crippen LogP contribution in [0, 0.1) is 11.7 Å². The third kappa shape index (κ3) is 5.88. The number of carbonyl (C=O) groups excluding carboxylic acids is 2. The number of benzene rings is 2. The van der Waals surface area contributed by atoms with Gasteiger partial charge in [0.1, 0.15) is 11.9 Å². The number of esters is 1. The molecule has 1 unspecified atom stereocenters. The van der Waals surface area contributed by atoms with Gasteiger partial charge in [0, 0.05) is 36.6 Å². The van der Waals surface area contributed by atoms with E-state index in [1.807, 2.05) is 23.1 Å². The molecule has 0 saturated carbocycles. The monoisotopic (exact) mass is 524 g/mol. The number of carbonyl (C=O) groups is 2. The van der Waals surface area contributed by atoms with Gasteiger partial charge in [-0.2, -0.15) is 0 Å². The van der Waals surface area contributed by atoms with E-state index < -0.39 is 6.10 Å². The highest BCUT2D eigenvalue weighted by molar-refractivity contribution is 9.10. The van der Waals surface area contributed by atoms with Gasteiger partial charge in [-0.05, 0) is 73.3 Å². The van der Waals surface area contributed by atoms with Crippen molar-refractivity contribution in [2.45, 2.75) is 32.4 Å². The molecule has 0 aliphatic carbocycles. The Morgan fingerprint density at radius 1 is 1.19 bits per heavy atom. The second kappa shape index (κ2) is 10.8. The third-order valence-electron chi connectivity index (χ3n) is 6.11. The number of amides is 1. The lowest BCUT2D eigenvalue weighted by Gasteiger charge is -2.35. The second-order valence-electron chi connectivity index (χ2n) is 8.38. The van der Waals surface area contributed by atoms with Gasteiger partial charge in [-0.25, -0.2) is 4.39 Å². The van der Waals surface area contributed by atoms with Crippen LogP contribution in [0.4, 0.5) is 4.39 Å². The highest BCUT2D eigenvalue weighted by Crippen LogP contribution is 2.29. The summed E-state index contributed by atoms with van der Waals surface area (Å²) in [5, 5.41) is 0. The van der Waals surface area contributed by atoms with Gasteiger partial charge in [-0.1, -0.05) is 28.1 Å². The van der Waals surface area contributed by atoms with E-state index in [4.69, 9.17) is 4.74 Å². The van der Waals surface area contributed by atoms with Crippen LogP contribution in [-0.4, -0.2) is 47.9 Å². The number of nitrogens with zero attached hydrogens (tertiary/aromatic N) is 2. The summed E-state index contributed by atoms with van der Waals surface area (Å²) < 4.78 is 19.8. The Morgan fingerprint density at radius 2 is 1.88 bits per heavy atom. The lowest BCUT2D eigenvalue weighted by Crippen LogP contribution is -2.40. The minimum Gasteiger partial charge on any atom is -0.456 e. The third-order valence-corrected chi connectivity index (χ3v) is 6.60. The van der Waals surface area contributed by atoms with Crippen molar-refractivity contribution in [3.05, 3.63) is 69.4 Å². The molecule has 1 fully saturated rings. The highest BCUT2D eigenvalue weighted by atomic mass is 79.9. The lowest BCUT2D eigenvalue weighted by molar-refractivity contribution is -0.147. The molecule has 172 valence electrons. The van der Waals surface area contributed by atoms with Gasteiger partial charge in [0.05, 0.1) is 0 Å². The Bertz CT molecular complexity index is 964. The zero-order valence-electron chi connectivity index (χ0n) is 17.9. The van der Waals surface area contributed by atoms with Crippen LogP contribution in [0.25, 0.3) is 0 Å². The summed E-state index contributed by atoms with van der Waals surface area (Å²) in [7, 11) is 0. The van der Waals surface area contributed by atoms with E-state index in [1.165, 1.54) is 19.1 Å². The summed E-state index contributed by atoms with van der Waals surface area (Å²) >= 11 is 3.48. The molecule has 0 aromatic heterocycles. The Morgan fingerprint density at radius 3 is 2.53 bits per heavy atom. The molecular formula is C24H27BrClFN2O3. The Kier molecular flexibility index (Phi) is 8.31. The van der Waals surface area contributed by atoms with Gasteiger partial charge >= 0.3 is 5.97 Å². The fourth-order valence-corrected chi connectivity index (χ4v) is 4.89. The molecule has 0 N–H and O–H groups in total. The molecule has 2 aliphatic rings. The standard InChI is InChI=1S/C24H26BrFN2O3.ClH/c1-16(29)31-23(18-2-5-21(26)6-3-18)15-27-10-8-17(9-11-27)13-28-14-19-12-20(25)4-7-22(19)24(28)30;/h2-7,12,17,23H,8-11,13-15H2,1H3;1H. The fourth-order valence-electron chi connectivity index (χ4n) is 4.48. The summed E-state index contributed by atoms with van der Waals surface area (Å²) in [6.45, 7) is 5.18. The van der Waals surface area contributed by atoms with Gasteiger partial charge in [0.15, 0.2) is 0 Å². The fraction of sp³-hybridized carbons (Fsp3) is 0.417. The van der Waals surface area contributed by atoms with Crippen LogP contribution < -0.4 is 0 Å². The molecule has 0 radical (unpaired) electrons. The molecule has 2 aliphatic heterocycles. The molecule has 2 aromatic carbocycles. The maximum absolute atomic E-state index is 13.3. The van der Waals surface area contributed by atoms with E-state index in [1.54, 1.807) is 12.1 Å². The van der Waals surface area contributed by atoms with Crippen LogP contribution in [0.1, 0.15) is 47.4 Å². The largest absolute Gasteiger partial charge is 0.456 e. The minimum absolute atomic E-state index is 0. The average molecular weight is 526 g/mol. The van der Waals surface area contributed by atoms with Crippen molar-refractivity contribution in [1.29, 1.82) is 0 Å². The molecule has 1 amide bonds. The van der Waals surface area contributed by atoms with Gasteiger partial charge in [0.2, 0.25) is 0 Å². The number of fused-ring (bicyclic) bond motifs is 1. The molecule has 2 heterocycles. The minimum atomic E-state index is -0.414. The van der Waals surface area contributed by atoms with Crippen molar-refractivity contribution in [3.63, 3.8) is 0 Å². The zero-order chi connectivity index (χ0) is 22.0. The average Bonchev–Trinajstić information content (AvgIpc) is 3.03. The van der Waals surface area contributed by atoms with Crippen LogP contribution in [0.15, 0.2) is 46.9 Å². The Hall–Kier alpha value is -1.96. The summed E-state index contributed by atoms with van der Waals surface area (Å²) in [5.74, 6) is -0.0767. The van der Waals surface area contributed by atoms with Crippen molar-refractivity contribution in [2.75, 3.05) is 26.2 Å². The van der Waals surface area contributed by atoms with Gasteiger partial charge in [0.25, 0.3) is 5.91 Å². The smallest absolute Gasteiger partial charge is 0.303 e. The van der Waals surface area contributed by atoms with E-state index >= 15 is 0 Å². The van der Waals surface area contributed by atoms with Crippen molar-refractivity contribution < 1.29 is 18.7 Å². The molecule has 1 atom stereocenters. The van der Waals surface area contributed by atoms with Gasteiger partial charge < -0.3 is 9.64 Å². The summed E-state index contributed by atoms with van der Waals surface area (Å²) in [6, 6.07) is 12.0. The van der Waals surface area contributed by atoms with E-state index in [2.05, 4.69) is 20.8 Å². The van der Waals surface area contributed by atoms with Crippen LogP contribution in [0.3, 0.4) is 0 Å². The number of hydrogen-bond donors (Lipinski definition) is 0. The normalized spacial score (nSPS) is 17.6. The maximum atomic E-state index is 13.3. The van der Waals surface area contributed by atoms with Crippen LogP contribution in [-0.2, 0) is 16.1 Å². The first-order valence-corrected chi connectivity index (χ1v) is 11.4. The second-order valence-corrected chi connectivity index (χ2v) is 9.30. The Balaban J connectivity index is 0.00000289. The maximum Gasteiger partial charge on any atom is 0.303 e. The number of halogens is 3. The first-order chi connectivity index (χ1) is 14.9. The molecule has 0 bridgehead atoms. The molecular weight excluding hydrogens is 499 g/mol. The Labute approximate surface area is 202 Å². The van der Waals surface area contributed by atoms with Crippen LogP contribution >= 0.6 is 28.3 Å². The molecule has 2 aromatic rings. The first-order valence-electron chi connectivity index (χ1n) is 10.6. The van der Waals surface area contributed by atoms with Crippen LogP contribution in [0.5, 0.6) is 0 Å². The number of hydrogen-bond acceptors (Lipinski definition) is 4. The van der Waals surface area contributed by atoms with Crippen LogP contribution in [0.2, 0.25) is 0 Å². The lowest BCUT2D eigenvalue weighted by atomic mass is 9.95. The van der Waals surface area contributed by atoms with Crippen molar-refractivity contribution in [1.82, 2.24) is 9.80 Å². The summed E-state index contributed by atoms with van der Waals surface area (Å²) in [4.78, 5) is 28.5. The van der Waals surface area contributed by atoms with E-state index in [9.17, 15) is 14.0 Å². The van der Waals surface area contributed by atoms with Gasteiger partial charge in [-0.15, -0.1) is 12.4 Å². The first kappa shape index (κ1) is 24.7. The molecule has 5 nitrogen and oxygen atoms in total. The van der Waals surface area contributed by atoms with Crippen molar-refractivity contribution in [2.24, 2.45) is 5.92 Å². The zero-order valence-corrected chi connectivity index (χ0v) is 20.3. The SMILES string of the molecule is CC(=O)OC(CN1CCC(CN2Cc3cc(Br)ccc3C2=O)CC1)c1ccc(F)cc1.Cl. The predicted octanol–water partition coefficient (Wildman–Crippen LogP) is 4.98. The summed E-state index contributed by atoms with van der Waals surface area (Å²) in [5.41, 5.74) is 2.69. The van der Waals surface area contributed by atoms with Crippen molar-refractivity contribution in [3.8, 4) is 0 Å². The predicted molar refractivity (Wildman–Crippen MR) is 126 cm³/mol.